The highest BCUT2D eigenvalue weighted by Gasteiger charge is 2.24. The monoisotopic (exact) mass is 339 g/mol. The zero-order valence-electron chi connectivity index (χ0n) is 12.7. The third-order valence-corrected chi connectivity index (χ3v) is 5.35. The molecule has 0 bridgehead atoms. The molecule has 0 radical (unpaired) electrons. The Bertz CT molecular complexity index is 650. The standard InChI is InChI=1S/C15H21N3O4S/c19-15(14-10-16-7-8-22-14)18-12-3-5-13(6-4-12)23(20,21)17-9-11-1-2-11/h3-6,11,14,16-17H,1-2,7-10H2,(H,18,19). The van der Waals surface area contributed by atoms with Gasteiger partial charge in [-0.3, -0.25) is 4.79 Å². The van der Waals surface area contributed by atoms with E-state index in [1.54, 1.807) is 12.1 Å². The minimum atomic E-state index is -3.48. The summed E-state index contributed by atoms with van der Waals surface area (Å²) in [5.74, 6) is 0.243. The maximum absolute atomic E-state index is 12.1. The molecule has 1 aromatic rings. The van der Waals surface area contributed by atoms with Gasteiger partial charge >= 0.3 is 0 Å². The van der Waals surface area contributed by atoms with E-state index in [-0.39, 0.29) is 10.8 Å². The number of hydrogen-bond acceptors (Lipinski definition) is 5. The molecule has 0 spiro atoms. The van der Waals surface area contributed by atoms with Crippen molar-refractivity contribution in [2.75, 3.05) is 31.6 Å². The fourth-order valence-corrected chi connectivity index (χ4v) is 3.42. The highest BCUT2D eigenvalue weighted by atomic mass is 32.2. The van der Waals surface area contributed by atoms with Crippen molar-refractivity contribution in [1.29, 1.82) is 0 Å². The van der Waals surface area contributed by atoms with Gasteiger partial charge in [-0.05, 0) is 43.0 Å². The fraction of sp³-hybridized carbons (Fsp3) is 0.533. The van der Waals surface area contributed by atoms with Crippen LogP contribution in [-0.2, 0) is 19.6 Å². The van der Waals surface area contributed by atoms with Crippen LogP contribution in [0.3, 0.4) is 0 Å². The first-order chi connectivity index (χ1) is 11.0. The summed E-state index contributed by atoms with van der Waals surface area (Å²) in [5.41, 5.74) is 0.547. The molecule has 1 aliphatic carbocycles. The van der Waals surface area contributed by atoms with E-state index in [2.05, 4.69) is 15.4 Å². The molecule has 1 heterocycles. The number of carbonyl (C=O) groups is 1. The van der Waals surface area contributed by atoms with Crippen molar-refractivity contribution in [3.05, 3.63) is 24.3 Å². The maximum Gasteiger partial charge on any atom is 0.254 e. The first-order valence-electron chi connectivity index (χ1n) is 7.77. The summed E-state index contributed by atoms with van der Waals surface area (Å²) in [6.45, 7) is 2.21. The average molecular weight is 339 g/mol. The second-order valence-electron chi connectivity index (χ2n) is 5.87. The zero-order chi connectivity index (χ0) is 16.3. The van der Waals surface area contributed by atoms with E-state index in [0.29, 0.717) is 31.3 Å². The van der Waals surface area contributed by atoms with Crippen LogP contribution in [0.2, 0.25) is 0 Å². The lowest BCUT2D eigenvalue weighted by Crippen LogP contribution is -2.45. The van der Waals surface area contributed by atoms with Crippen molar-refractivity contribution in [3.63, 3.8) is 0 Å². The van der Waals surface area contributed by atoms with Crippen LogP contribution in [0.4, 0.5) is 5.69 Å². The summed E-state index contributed by atoms with van der Waals surface area (Å²) in [5, 5.41) is 5.82. The van der Waals surface area contributed by atoms with E-state index in [1.165, 1.54) is 12.1 Å². The van der Waals surface area contributed by atoms with Crippen LogP contribution in [0.1, 0.15) is 12.8 Å². The minimum absolute atomic E-state index is 0.201. The number of anilines is 1. The summed E-state index contributed by atoms with van der Waals surface area (Å²) in [7, 11) is -3.48. The van der Waals surface area contributed by atoms with Crippen LogP contribution in [0.15, 0.2) is 29.2 Å². The Kier molecular flexibility index (Phi) is 4.96. The summed E-state index contributed by atoms with van der Waals surface area (Å²) in [6.07, 6.45) is 1.66. The molecule has 1 amide bonds. The quantitative estimate of drug-likeness (QED) is 0.693. The van der Waals surface area contributed by atoms with E-state index >= 15 is 0 Å². The van der Waals surface area contributed by atoms with Crippen LogP contribution in [0, 0.1) is 5.92 Å². The number of carbonyl (C=O) groups excluding carboxylic acids is 1. The number of morpholine rings is 1. The van der Waals surface area contributed by atoms with E-state index in [4.69, 9.17) is 4.74 Å². The molecule has 3 N–H and O–H groups in total. The molecule has 1 aliphatic heterocycles. The van der Waals surface area contributed by atoms with Gasteiger partial charge in [-0.25, -0.2) is 13.1 Å². The highest BCUT2D eigenvalue weighted by molar-refractivity contribution is 7.89. The van der Waals surface area contributed by atoms with Crippen molar-refractivity contribution in [1.82, 2.24) is 10.0 Å². The van der Waals surface area contributed by atoms with E-state index in [9.17, 15) is 13.2 Å². The molecule has 126 valence electrons. The Morgan fingerprint density at radius 1 is 1.26 bits per heavy atom. The Morgan fingerprint density at radius 3 is 2.61 bits per heavy atom. The van der Waals surface area contributed by atoms with Gasteiger partial charge in [0.25, 0.3) is 5.91 Å². The molecule has 7 nitrogen and oxygen atoms in total. The number of rotatable bonds is 6. The third kappa shape index (κ3) is 4.51. The molecule has 8 heteroatoms. The maximum atomic E-state index is 12.1. The molecular weight excluding hydrogens is 318 g/mol. The predicted octanol–water partition coefficient (Wildman–Crippen LogP) is 0.302. The van der Waals surface area contributed by atoms with Crippen LogP contribution < -0.4 is 15.4 Å². The second-order valence-corrected chi connectivity index (χ2v) is 7.64. The van der Waals surface area contributed by atoms with Gasteiger partial charge in [0, 0.05) is 25.3 Å². The van der Waals surface area contributed by atoms with Gasteiger partial charge < -0.3 is 15.4 Å². The molecule has 1 unspecified atom stereocenters. The van der Waals surface area contributed by atoms with Crippen molar-refractivity contribution in [2.45, 2.75) is 23.8 Å². The van der Waals surface area contributed by atoms with E-state index < -0.39 is 16.1 Å². The first kappa shape index (κ1) is 16.4. The number of ether oxygens (including phenoxy) is 1. The number of sulfonamides is 1. The Morgan fingerprint density at radius 2 is 2.00 bits per heavy atom. The molecule has 3 rings (SSSR count). The molecule has 1 saturated carbocycles. The van der Waals surface area contributed by atoms with Gasteiger partial charge in [0.15, 0.2) is 0 Å². The van der Waals surface area contributed by atoms with Gasteiger partial charge in [-0.15, -0.1) is 0 Å². The lowest BCUT2D eigenvalue weighted by molar-refractivity contribution is -0.128. The Hall–Kier alpha value is -1.48. The normalized spacial score (nSPS) is 21.8. The van der Waals surface area contributed by atoms with Crippen LogP contribution in [0.5, 0.6) is 0 Å². The summed E-state index contributed by atoms with van der Waals surface area (Å²) in [6, 6.07) is 6.15. The number of hydrogen-bond donors (Lipinski definition) is 3. The Labute approximate surface area is 135 Å². The van der Waals surface area contributed by atoms with E-state index in [1.807, 2.05) is 0 Å². The fourth-order valence-electron chi connectivity index (χ4n) is 2.31. The molecule has 2 fully saturated rings. The summed E-state index contributed by atoms with van der Waals surface area (Å²) >= 11 is 0. The number of nitrogens with one attached hydrogen (secondary N) is 3. The summed E-state index contributed by atoms with van der Waals surface area (Å²) in [4.78, 5) is 12.2. The highest BCUT2D eigenvalue weighted by Crippen LogP contribution is 2.28. The van der Waals surface area contributed by atoms with Gasteiger partial charge in [-0.1, -0.05) is 0 Å². The topological polar surface area (TPSA) is 96.5 Å². The Balaban J connectivity index is 1.58. The molecule has 2 aliphatic rings. The molecule has 1 atom stereocenters. The zero-order valence-corrected chi connectivity index (χ0v) is 13.6. The number of amides is 1. The molecular formula is C15H21N3O4S. The lowest BCUT2D eigenvalue weighted by Gasteiger charge is -2.22. The molecule has 1 aromatic carbocycles. The minimum Gasteiger partial charge on any atom is -0.366 e. The van der Waals surface area contributed by atoms with Crippen LogP contribution in [-0.4, -0.2) is 46.7 Å². The van der Waals surface area contributed by atoms with Crippen molar-refractivity contribution in [2.24, 2.45) is 5.92 Å². The first-order valence-corrected chi connectivity index (χ1v) is 9.26. The van der Waals surface area contributed by atoms with Crippen LogP contribution >= 0.6 is 0 Å². The third-order valence-electron chi connectivity index (χ3n) is 3.91. The largest absolute Gasteiger partial charge is 0.366 e. The van der Waals surface area contributed by atoms with Gasteiger partial charge in [-0.2, -0.15) is 0 Å². The lowest BCUT2D eigenvalue weighted by atomic mass is 10.2. The smallest absolute Gasteiger partial charge is 0.254 e. The van der Waals surface area contributed by atoms with Crippen LogP contribution in [0.25, 0.3) is 0 Å². The molecule has 23 heavy (non-hydrogen) atoms. The van der Waals surface area contributed by atoms with Crippen molar-refractivity contribution < 1.29 is 17.9 Å². The van der Waals surface area contributed by atoms with Gasteiger partial charge in [0.1, 0.15) is 6.10 Å². The van der Waals surface area contributed by atoms with Crippen molar-refractivity contribution >= 4 is 21.6 Å². The van der Waals surface area contributed by atoms with Gasteiger partial charge in [0.05, 0.1) is 11.5 Å². The SMILES string of the molecule is O=C(Nc1ccc(S(=O)(=O)NCC2CC2)cc1)C1CNCCO1. The molecule has 1 saturated heterocycles. The predicted molar refractivity (Wildman–Crippen MR) is 85.6 cm³/mol. The number of benzene rings is 1. The van der Waals surface area contributed by atoms with Crippen molar-refractivity contribution in [3.8, 4) is 0 Å². The molecule has 0 aromatic heterocycles. The van der Waals surface area contributed by atoms with Gasteiger partial charge in [0.2, 0.25) is 10.0 Å². The second kappa shape index (κ2) is 6.96. The summed E-state index contributed by atoms with van der Waals surface area (Å²) < 4.78 is 32.2. The van der Waals surface area contributed by atoms with E-state index in [0.717, 1.165) is 19.4 Å². The average Bonchev–Trinajstić information content (AvgIpc) is 3.39.